The Bertz CT molecular complexity index is 1080. The van der Waals surface area contributed by atoms with E-state index >= 15 is 0 Å². The van der Waals surface area contributed by atoms with Crippen LogP contribution >= 0.6 is 0 Å². The summed E-state index contributed by atoms with van der Waals surface area (Å²) in [6, 6.07) is 16.9. The lowest BCUT2D eigenvalue weighted by molar-refractivity contribution is -0.118. The molecule has 0 aliphatic carbocycles. The van der Waals surface area contributed by atoms with E-state index in [1.54, 1.807) is 12.3 Å². The van der Waals surface area contributed by atoms with Gasteiger partial charge in [0, 0.05) is 49.9 Å². The van der Waals surface area contributed by atoms with Gasteiger partial charge >= 0.3 is 0 Å². The number of ether oxygens (including phenoxy) is 2. The topological polar surface area (TPSA) is 51.7 Å². The van der Waals surface area contributed by atoms with Gasteiger partial charge in [-0.05, 0) is 60.4 Å². The predicted octanol–water partition coefficient (Wildman–Crippen LogP) is 4.86. The number of nitrogens with zero attached hydrogens (tertiary/aromatic N) is 2. The quantitative estimate of drug-likeness (QED) is 0.431. The van der Waals surface area contributed by atoms with Crippen molar-refractivity contribution >= 4 is 5.78 Å². The molecular formula is C28H31FN2O3. The second kappa shape index (κ2) is 11.9. The van der Waals surface area contributed by atoms with Crippen molar-refractivity contribution in [3.05, 3.63) is 83.4 Å². The second-order valence-corrected chi connectivity index (χ2v) is 8.57. The maximum absolute atomic E-state index is 14.1. The van der Waals surface area contributed by atoms with Crippen LogP contribution in [0.25, 0.3) is 11.1 Å². The highest BCUT2D eigenvalue weighted by atomic mass is 19.1. The molecule has 0 radical (unpaired) electrons. The molecule has 1 fully saturated rings. The number of benzene rings is 2. The Morgan fingerprint density at radius 3 is 2.47 bits per heavy atom. The van der Waals surface area contributed by atoms with Crippen LogP contribution in [0, 0.1) is 5.82 Å². The number of carbonyl (C=O) groups is 1. The summed E-state index contributed by atoms with van der Waals surface area (Å²) in [5.74, 6) is 0.688. The van der Waals surface area contributed by atoms with E-state index in [0.29, 0.717) is 39.2 Å². The van der Waals surface area contributed by atoms with Crippen LogP contribution in [0.15, 0.2) is 60.8 Å². The number of hydrogen-bond acceptors (Lipinski definition) is 5. The van der Waals surface area contributed by atoms with E-state index in [1.165, 1.54) is 6.07 Å². The highest BCUT2D eigenvalue weighted by Crippen LogP contribution is 2.22. The number of Topliss-reactive ketones (excluding diaryl/α,β-unsaturated/α-hetero) is 1. The third kappa shape index (κ3) is 6.95. The summed E-state index contributed by atoms with van der Waals surface area (Å²) in [4.78, 5) is 19.3. The minimum Gasteiger partial charge on any atom is -0.494 e. The first-order valence-electron chi connectivity index (χ1n) is 11.9. The predicted molar refractivity (Wildman–Crippen MR) is 130 cm³/mol. The molecule has 2 heterocycles. The molecule has 4 rings (SSSR count). The minimum absolute atomic E-state index is 0.0975. The fraction of sp³-hybridized carbons (Fsp3) is 0.357. The molecular weight excluding hydrogens is 431 g/mol. The SMILES string of the molecule is CCOc1ccc(-c2ccc(CC(=O)CCc3cc(F)cc(CN4CCOCC4)c3)nc2)cc1. The van der Waals surface area contributed by atoms with Crippen LogP contribution < -0.4 is 4.74 Å². The minimum atomic E-state index is -0.250. The van der Waals surface area contributed by atoms with E-state index in [1.807, 2.05) is 49.4 Å². The van der Waals surface area contributed by atoms with Crippen molar-refractivity contribution in [1.29, 1.82) is 0 Å². The van der Waals surface area contributed by atoms with E-state index in [2.05, 4.69) is 9.88 Å². The van der Waals surface area contributed by atoms with Crippen molar-refractivity contribution in [3.8, 4) is 16.9 Å². The maximum atomic E-state index is 14.1. The molecule has 1 saturated heterocycles. The Hall–Kier alpha value is -3.09. The first-order valence-corrected chi connectivity index (χ1v) is 11.9. The zero-order chi connectivity index (χ0) is 23.8. The van der Waals surface area contributed by atoms with Gasteiger partial charge in [-0.3, -0.25) is 14.7 Å². The molecule has 2 aromatic carbocycles. The number of morpholine rings is 1. The summed E-state index contributed by atoms with van der Waals surface area (Å²) in [6.45, 7) is 6.44. The molecule has 5 nitrogen and oxygen atoms in total. The van der Waals surface area contributed by atoms with Crippen LogP contribution in [0.2, 0.25) is 0 Å². The molecule has 0 unspecified atom stereocenters. The van der Waals surface area contributed by atoms with E-state index in [-0.39, 0.29) is 18.0 Å². The molecule has 1 aromatic heterocycles. The average Bonchev–Trinajstić information content (AvgIpc) is 2.84. The lowest BCUT2D eigenvalue weighted by Crippen LogP contribution is -2.35. The number of pyridine rings is 1. The lowest BCUT2D eigenvalue weighted by atomic mass is 10.0. The normalized spacial score (nSPS) is 14.2. The van der Waals surface area contributed by atoms with Crippen molar-refractivity contribution in [2.75, 3.05) is 32.9 Å². The summed E-state index contributed by atoms with van der Waals surface area (Å²) in [5.41, 5.74) is 4.58. The van der Waals surface area contributed by atoms with Crippen LogP contribution in [0.5, 0.6) is 5.75 Å². The highest BCUT2D eigenvalue weighted by molar-refractivity contribution is 5.80. The monoisotopic (exact) mass is 462 g/mol. The molecule has 0 bridgehead atoms. The van der Waals surface area contributed by atoms with Crippen molar-refractivity contribution in [1.82, 2.24) is 9.88 Å². The van der Waals surface area contributed by atoms with Gasteiger partial charge < -0.3 is 9.47 Å². The van der Waals surface area contributed by atoms with Crippen LogP contribution in [-0.2, 0) is 28.9 Å². The fourth-order valence-corrected chi connectivity index (χ4v) is 4.15. The van der Waals surface area contributed by atoms with Gasteiger partial charge in [0.05, 0.1) is 19.8 Å². The molecule has 6 heteroatoms. The van der Waals surface area contributed by atoms with Crippen molar-refractivity contribution in [2.45, 2.75) is 32.7 Å². The summed E-state index contributed by atoms with van der Waals surface area (Å²) in [7, 11) is 0. The molecule has 0 amide bonds. The Balaban J connectivity index is 1.29. The molecule has 3 aromatic rings. The smallest absolute Gasteiger partial charge is 0.139 e. The third-order valence-electron chi connectivity index (χ3n) is 5.92. The number of halogens is 1. The summed E-state index contributed by atoms with van der Waals surface area (Å²) < 4.78 is 25.0. The Morgan fingerprint density at radius 2 is 1.76 bits per heavy atom. The molecule has 1 aliphatic heterocycles. The van der Waals surface area contributed by atoms with Crippen LogP contribution in [0.3, 0.4) is 0 Å². The molecule has 0 N–H and O–H groups in total. The Labute approximate surface area is 200 Å². The Kier molecular flexibility index (Phi) is 8.39. The van der Waals surface area contributed by atoms with Gasteiger partial charge in [-0.15, -0.1) is 0 Å². The van der Waals surface area contributed by atoms with Crippen LogP contribution in [0.4, 0.5) is 4.39 Å². The first kappa shape index (κ1) is 24.0. The number of carbonyl (C=O) groups excluding carboxylic acids is 1. The first-order chi connectivity index (χ1) is 16.6. The van der Waals surface area contributed by atoms with Gasteiger partial charge in [0.1, 0.15) is 17.3 Å². The van der Waals surface area contributed by atoms with Crippen molar-refractivity contribution in [2.24, 2.45) is 0 Å². The molecule has 1 aliphatic rings. The van der Waals surface area contributed by atoms with E-state index in [0.717, 1.165) is 46.8 Å². The lowest BCUT2D eigenvalue weighted by Gasteiger charge is -2.26. The van der Waals surface area contributed by atoms with E-state index in [4.69, 9.17) is 9.47 Å². The van der Waals surface area contributed by atoms with Gasteiger partial charge in [0.2, 0.25) is 0 Å². The van der Waals surface area contributed by atoms with Gasteiger partial charge in [-0.1, -0.05) is 24.3 Å². The number of hydrogen-bond donors (Lipinski definition) is 0. The molecule has 34 heavy (non-hydrogen) atoms. The number of aromatic nitrogens is 1. The van der Waals surface area contributed by atoms with Crippen molar-refractivity contribution in [3.63, 3.8) is 0 Å². The highest BCUT2D eigenvalue weighted by Gasteiger charge is 2.13. The zero-order valence-electron chi connectivity index (χ0n) is 19.6. The van der Waals surface area contributed by atoms with Gasteiger partial charge in [-0.2, -0.15) is 0 Å². The summed E-state index contributed by atoms with van der Waals surface area (Å²) in [5, 5.41) is 0. The number of rotatable bonds is 10. The van der Waals surface area contributed by atoms with Gasteiger partial charge in [0.25, 0.3) is 0 Å². The number of ketones is 1. The molecule has 0 atom stereocenters. The van der Waals surface area contributed by atoms with Crippen LogP contribution in [0.1, 0.15) is 30.2 Å². The van der Waals surface area contributed by atoms with Crippen molar-refractivity contribution < 1.29 is 18.7 Å². The molecule has 0 saturated carbocycles. The molecule has 178 valence electrons. The third-order valence-corrected chi connectivity index (χ3v) is 5.92. The second-order valence-electron chi connectivity index (χ2n) is 8.57. The fourth-order valence-electron chi connectivity index (χ4n) is 4.15. The largest absolute Gasteiger partial charge is 0.494 e. The maximum Gasteiger partial charge on any atom is 0.139 e. The zero-order valence-corrected chi connectivity index (χ0v) is 19.6. The van der Waals surface area contributed by atoms with E-state index in [9.17, 15) is 9.18 Å². The standard InChI is InChI=1S/C28H31FN2O3/c1-2-34-28-9-5-23(6-10-28)24-4-7-26(30-19-24)18-27(32)8-3-21-15-22(17-25(29)16-21)20-31-11-13-33-14-12-31/h4-7,9-10,15-17,19H,2-3,8,11-14,18,20H2,1H3. The van der Waals surface area contributed by atoms with Gasteiger partial charge in [0.15, 0.2) is 0 Å². The number of aryl methyl sites for hydroxylation is 1. The van der Waals surface area contributed by atoms with E-state index < -0.39 is 0 Å². The summed E-state index contributed by atoms with van der Waals surface area (Å²) in [6.07, 6.45) is 2.96. The molecule has 0 spiro atoms. The Morgan fingerprint density at radius 1 is 1.03 bits per heavy atom. The van der Waals surface area contributed by atoms with Gasteiger partial charge in [-0.25, -0.2) is 4.39 Å². The van der Waals surface area contributed by atoms with Crippen LogP contribution in [-0.4, -0.2) is 48.6 Å². The summed E-state index contributed by atoms with van der Waals surface area (Å²) >= 11 is 0. The average molecular weight is 463 g/mol.